The Morgan fingerprint density at radius 2 is 1.82 bits per heavy atom. The molecule has 0 saturated heterocycles. The number of hydrogen-bond acceptors (Lipinski definition) is 5. The predicted octanol–water partition coefficient (Wildman–Crippen LogP) is 6.35. The minimum absolute atomic E-state index is 0.155. The van der Waals surface area contributed by atoms with E-state index in [1.807, 2.05) is 37.3 Å². The molecule has 0 saturated carbocycles. The highest BCUT2D eigenvalue weighted by Gasteiger charge is 2.30. The van der Waals surface area contributed by atoms with Crippen molar-refractivity contribution >= 4 is 21.6 Å². The van der Waals surface area contributed by atoms with Crippen LogP contribution in [-0.4, -0.2) is 24.5 Å². The van der Waals surface area contributed by atoms with Crippen molar-refractivity contribution in [1.29, 1.82) is 0 Å². The Hall–Kier alpha value is -2.83. The number of phenolic OH excluding ortho intramolecular Hbond substituents is 1. The van der Waals surface area contributed by atoms with Crippen LogP contribution in [0.15, 0.2) is 70.1 Å². The van der Waals surface area contributed by atoms with E-state index in [4.69, 9.17) is 14.5 Å². The molecule has 3 aromatic rings. The molecule has 0 aromatic heterocycles. The van der Waals surface area contributed by atoms with Gasteiger partial charge in [-0.15, -0.1) is 0 Å². The number of para-hydroxylation sites is 1. The molecule has 0 amide bonds. The lowest BCUT2D eigenvalue weighted by molar-refractivity contribution is 0.313. The molecule has 0 radical (unpaired) electrons. The van der Waals surface area contributed by atoms with E-state index in [0.717, 1.165) is 39.0 Å². The van der Waals surface area contributed by atoms with Crippen molar-refractivity contribution in [1.82, 2.24) is 5.32 Å². The van der Waals surface area contributed by atoms with Crippen LogP contribution in [0.25, 0.3) is 0 Å². The SMILES string of the molecule is CCOc1cccc([C@H]2CC(c3ccc(CC)cc3)=N[C@H](c3cc(Br)ccc3OC)N2)c1O. The van der Waals surface area contributed by atoms with Crippen molar-refractivity contribution in [3.63, 3.8) is 0 Å². The van der Waals surface area contributed by atoms with Gasteiger partial charge in [0.05, 0.1) is 13.7 Å². The molecule has 6 heteroatoms. The smallest absolute Gasteiger partial charge is 0.162 e. The van der Waals surface area contributed by atoms with E-state index in [0.29, 0.717) is 18.8 Å². The van der Waals surface area contributed by atoms with E-state index in [1.165, 1.54) is 5.56 Å². The molecule has 1 heterocycles. The van der Waals surface area contributed by atoms with Gasteiger partial charge in [0.25, 0.3) is 0 Å². The standard InChI is InChI=1S/C27H29BrN2O3/c1-4-17-9-11-18(12-10-17)22-16-23(20-7-6-8-25(26(20)31)33-5-2)30-27(29-22)21-15-19(28)13-14-24(21)32-3/h6-15,23,27,30-31H,4-5,16H2,1-3H3/t23-,27+/m1/s1. The molecule has 0 unspecified atom stereocenters. The number of benzene rings is 3. The Morgan fingerprint density at radius 1 is 1.03 bits per heavy atom. The quantitative estimate of drug-likeness (QED) is 0.390. The molecule has 3 aromatic carbocycles. The molecular formula is C27H29BrN2O3. The van der Waals surface area contributed by atoms with Gasteiger partial charge < -0.3 is 14.6 Å². The molecule has 0 aliphatic carbocycles. The Labute approximate surface area is 203 Å². The van der Waals surface area contributed by atoms with Crippen LogP contribution >= 0.6 is 15.9 Å². The lowest BCUT2D eigenvalue weighted by Crippen LogP contribution is -2.33. The monoisotopic (exact) mass is 508 g/mol. The van der Waals surface area contributed by atoms with Crippen molar-refractivity contribution in [2.24, 2.45) is 4.99 Å². The van der Waals surface area contributed by atoms with E-state index >= 15 is 0 Å². The first-order chi connectivity index (χ1) is 16.0. The number of ether oxygens (including phenoxy) is 2. The number of aryl methyl sites for hydroxylation is 1. The molecule has 0 bridgehead atoms. The predicted molar refractivity (Wildman–Crippen MR) is 136 cm³/mol. The lowest BCUT2D eigenvalue weighted by Gasteiger charge is -2.32. The Kier molecular flexibility index (Phi) is 7.36. The van der Waals surface area contributed by atoms with Gasteiger partial charge in [-0.2, -0.15) is 0 Å². The van der Waals surface area contributed by atoms with Gasteiger partial charge in [0, 0.05) is 33.8 Å². The van der Waals surface area contributed by atoms with Gasteiger partial charge in [-0.3, -0.25) is 10.3 Å². The summed E-state index contributed by atoms with van der Waals surface area (Å²) in [6.07, 6.45) is 1.29. The van der Waals surface area contributed by atoms with Crippen LogP contribution in [0.2, 0.25) is 0 Å². The zero-order valence-corrected chi connectivity index (χ0v) is 20.7. The van der Waals surface area contributed by atoms with Gasteiger partial charge in [-0.1, -0.05) is 59.3 Å². The minimum Gasteiger partial charge on any atom is -0.504 e. The van der Waals surface area contributed by atoms with E-state index < -0.39 is 0 Å². The maximum atomic E-state index is 11.0. The third-order valence-corrected chi connectivity index (χ3v) is 6.42. The molecule has 0 fully saturated rings. The van der Waals surface area contributed by atoms with E-state index in [-0.39, 0.29) is 18.0 Å². The number of halogens is 1. The second-order valence-electron chi connectivity index (χ2n) is 7.97. The zero-order chi connectivity index (χ0) is 23.4. The zero-order valence-electron chi connectivity index (χ0n) is 19.1. The van der Waals surface area contributed by atoms with Crippen molar-refractivity contribution in [2.45, 2.75) is 38.9 Å². The number of rotatable bonds is 7. The fourth-order valence-corrected chi connectivity index (χ4v) is 4.56. The third kappa shape index (κ3) is 5.07. The maximum Gasteiger partial charge on any atom is 0.162 e. The molecule has 172 valence electrons. The molecule has 0 spiro atoms. The maximum absolute atomic E-state index is 11.0. The summed E-state index contributed by atoms with van der Waals surface area (Å²) in [5.74, 6) is 1.41. The molecule has 5 nitrogen and oxygen atoms in total. The number of methoxy groups -OCH3 is 1. The highest BCUT2D eigenvalue weighted by Crippen LogP contribution is 2.40. The second-order valence-corrected chi connectivity index (χ2v) is 8.88. The van der Waals surface area contributed by atoms with Gasteiger partial charge >= 0.3 is 0 Å². The second kappa shape index (κ2) is 10.4. The first kappa shape index (κ1) is 23.3. The fraction of sp³-hybridized carbons (Fsp3) is 0.296. The summed E-state index contributed by atoms with van der Waals surface area (Å²) in [5.41, 5.74) is 5.07. The van der Waals surface area contributed by atoms with Gasteiger partial charge in [0.1, 0.15) is 11.9 Å². The summed E-state index contributed by atoms with van der Waals surface area (Å²) < 4.78 is 12.2. The molecule has 1 aliphatic heterocycles. The van der Waals surface area contributed by atoms with Gasteiger partial charge in [0.15, 0.2) is 11.5 Å². The molecule has 2 N–H and O–H groups in total. The minimum atomic E-state index is -0.341. The normalized spacial score (nSPS) is 18.0. The van der Waals surface area contributed by atoms with Crippen LogP contribution in [0, 0.1) is 0 Å². The van der Waals surface area contributed by atoms with E-state index in [1.54, 1.807) is 13.2 Å². The number of aromatic hydroxyl groups is 1. The first-order valence-electron chi connectivity index (χ1n) is 11.2. The Morgan fingerprint density at radius 3 is 2.52 bits per heavy atom. The van der Waals surface area contributed by atoms with Crippen molar-refractivity contribution < 1.29 is 14.6 Å². The van der Waals surface area contributed by atoms with Crippen LogP contribution in [0.1, 0.15) is 54.7 Å². The van der Waals surface area contributed by atoms with Crippen LogP contribution in [-0.2, 0) is 6.42 Å². The van der Waals surface area contributed by atoms with Crippen molar-refractivity contribution in [3.8, 4) is 17.2 Å². The van der Waals surface area contributed by atoms with Crippen LogP contribution in [0.4, 0.5) is 0 Å². The van der Waals surface area contributed by atoms with Gasteiger partial charge in [0.2, 0.25) is 0 Å². The van der Waals surface area contributed by atoms with Crippen LogP contribution < -0.4 is 14.8 Å². The summed E-state index contributed by atoms with van der Waals surface area (Å²) in [4.78, 5) is 5.08. The summed E-state index contributed by atoms with van der Waals surface area (Å²) >= 11 is 3.58. The number of aliphatic imine (C=N–C) groups is 1. The molecular weight excluding hydrogens is 480 g/mol. The average molecular weight is 509 g/mol. The highest BCUT2D eigenvalue weighted by atomic mass is 79.9. The van der Waals surface area contributed by atoms with Crippen molar-refractivity contribution in [3.05, 3.63) is 87.4 Å². The fourth-order valence-electron chi connectivity index (χ4n) is 4.18. The summed E-state index contributed by atoms with van der Waals surface area (Å²) in [6.45, 7) is 4.55. The first-order valence-corrected chi connectivity index (χ1v) is 12.0. The van der Waals surface area contributed by atoms with Crippen LogP contribution in [0.5, 0.6) is 17.2 Å². The number of hydrogen-bond donors (Lipinski definition) is 2. The van der Waals surface area contributed by atoms with Crippen LogP contribution in [0.3, 0.4) is 0 Å². The number of phenols is 1. The topological polar surface area (TPSA) is 63.1 Å². The third-order valence-electron chi connectivity index (χ3n) is 5.93. The number of nitrogens with one attached hydrogen (secondary N) is 1. The van der Waals surface area contributed by atoms with Gasteiger partial charge in [-0.25, -0.2) is 0 Å². The largest absolute Gasteiger partial charge is 0.504 e. The molecule has 2 atom stereocenters. The summed E-state index contributed by atoms with van der Waals surface area (Å²) in [5, 5.41) is 14.6. The van der Waals surface area contributed by atoms with E-state index in [2.05, 4.69) is 52.4 Å². The number of nitrogens with zero attached hydrogens (tertiary/aromatic N) is 1. The van der Waals surface area contributed by atoms with Crippen molar-refractivity contribution in [2.75, 3.05) is 13.7 Å². The highest BCUT2D eigenvalue weighted by molar-refractivity contribution is 9.10. The summed E-state index contributed by atoms with van der Waals surface area (Å²) in [7, 11) is 1.67. The van der Waals surface area contributed by atoms with E-state index in [9.17, 15) is 5.11 Å². The Bertz CT molecular complexity index is 1140. The Balaban J connectivity index is 1.79. The molecule has 1 aliphatic rings. The summed E-state index contributed by atoms with van der Waals surface area (Å²) in [6, 6.07) is 20.0. The molecule has 33 heavy (non-hydrogen) atoms. The average Bonchev–Trinajstić information content (AvgIpc) is 2.85. The van der Waals surface area contributed by atoms with Gasteiger partial charge in [-0.05, 0) is 48.7 Å². The lowest BCUT2D eigenvalue weighted by atomic mass is 9.92. The molecule has 4 rings (SSSR count).